The van der Waals surface area contributed by atoms with E-state index in [9.17, 15) is 0 Å². The molecule has 3 heteroatoms. The maximum Gasteiger partial charge on any atom is 0.0535 e. The third kappa shape index (κ3) is 3.09. The van der Waals surface area contributed by atoms with Crippen LogP contribution >= 0.6 is 27.7 Å². The highest BCUT2D eigenvalue weighted by molar-refractivity contribution is 9.10. The molecular weight excluding hydrogens is 282 g/mol. The smallest absolute Gasteiger partial charge is 0.0535 e. The highest BCUT2D eigenvalue weighted by atomic mass is 79.9. The minimum absolute atomic E-state index is 0.925. The third-order valence-corrected chi connectivity index (χ3v) is 3.86. The minimum Gasteiger partial charge on any atom is -0.260 e. The number of aryl methyl sites for hydroxylation is 1. The molecule has 0 amide bonds. The van der Waals surface area contributed by atoms with Crippen molar-refractivity contribution in [3.63, 3.8) is 0 Å². The van der Waals surface area contributed by atoms with Crippen LogP contribution in [-0.4, -0.2) is 4.98 Å². The van der Waals surface area contributed by atoms with E-state index >= 15 is 0 Å². The van der Waals surface area contributed by atoms with E-state index in [-0.39, 0.29) is 0 Å². The Balaban J connectivity index is 2.02. The van der Waals surface area contributed by atoms with E-state index in [0.717, 1.165) is 15.9 Å². The van der Waals surface area contributed by atoms with Crippen molar-refractivity contribution in [3.8, 4) is 0 Å². The molecule has 0 unspecified atom stereocenters. The Morgan fingerprint density at radius 3 is 2.62 bits per heavy atom. The van der Waals surface area contributed by atoms with Crippen molar-refractivity contribution in [2.24, 2.45) is 0 Å². The van der Waals surface area contributed by atoms with Crippen LogP contribution in [0.2, 0.25) is 0 Å². The van der Waals surface area contributed by atoms with E-state index in [1.807, 2.05) is 24.0 Å². The van der Waals surface area contributed by atoms with Gasteiger partial charge in [-0.25, -0.2) is 0 Å². The molecule has 1 aromatic heterocycles. The molecule has 0 N–H and O–H groups in total. The number of benzene rings is 1. The fourth-order valence-electron chi connectivity index (χ4n) is 1.35. The van der Waals surface area contributed by atoms with Crippen molar-refractivity contribution < 1.29 is 0 Å². The highest BCUT2D eigenvalue weighted by Gasteiger charge is 2.00. The lowest BCUT2D eigenvalue weighted by Gasteiger charge is -2.04. The van der Waals surface area contributed by atoms with Crippen LogP contribution in [0.5, 0.6) is 0 Å². The fourth-order valence-corrected chi connectivity index (χ4v) is 2.55. The van der Waals surface area contributed by atoms with Gasteiger partial charge in [0, 0.05) is 21.3 Å². The minimum atomic E-state index is 0.925. The van der Waals surface area contributed by atoms with Crippen molar-refractivity contribution >= 4 is 27.7 Å². The molecule has 1 nitrogen and oxygen atoms in total. The van der Waals surface area contributed by atoms with E-state index in [0.29, 0.717) is 0 Å². The standard InChI is InChI=1S/C13H12BrNS/c1-10-3-2-8-15-13(10)9-16-12-6-4-11(14)5-7-12/h2-8H,9H2,1H3. The van der Waals surface area contributed by atoms with Gasteiger partial charge in [-0.15, -0.1) is 11.8 Å². The van der Waals surface area contributed by atoms with Gasteiger partial charge in [-0.1, -0.05) is 22.0 Å². The summed E-state index contributed by atoms with van der Waals surface area (Å²) >= 11 is 5.24. The van der Waals surface area contributed by atoms with Gasteiger partial charge in [-0.05, 0) is 42.8 Å². The van der Waals surface area contributed by atoms with Gasteiger partial charge in [0.05, 0.1) is 5.69 Å². The third-order valence-electron chi connectivity index (χ3n) is 2.31. The molecule has 0 fully saturated rings. The average molecular weight is 294 g/mol. The van der Waals surface area contributed by atoms with Crippen LogP contribution in [0.1, 0.15) is 11.3 Å². The molecule has 2 aromatic rings. The number of hydrogen-bond acceptors (Lipinski definition) is 2. The molecule has 82 valence electrons. The monoisotopic (exact) mass is 293 g/mol. The summed E-state index contributed by atoms with van der Waals surface area (Å²) in [4.78, 5) is 5.65. The van der Waals surface area contributed by atoms with Gasteiger partial charge in [0.1, 0.15) is 0 Å². The Morgan fingerprint density at radius 2 is 1.94 bits per heavy atom. The fraction of sp³-hybridized carbons (Fsp3) is 0.154. The first kappa shape index (κ1) is 11.7. The zero-order valence-corrected chi connectivity index (χ0v) is 11.4. The van der Waals surface area contributed by atoms with E-state index in [2.05, 4.69) is 58.2 Å². The number of nitrogens with zero attached hydrogens (tertiary/aromatic N) is 1. The first-order valence-electron chi connectivity index (χ1n) is 5.04. The second-order valence-corrected chi connectivity index (χ2v) is 5.47. The highest BCUT2D eigenvalue weighted by Crippen LogP contribution is 2.24. The number of aromatic nitrogens is 1. The van der Waals surface area contributed by atoms with Gasteiger partial charge in [0.2, 0.25) is 0 Å². The van der Waals surface area contributed by atoms with Gasteiger partial charge in [0.25, 0.3) is 0 Å². The number of hydrogen-bond donors (Lipinski definition) is 0. The van der Waals surface area contributed by atoms with E-state index in [4.69, 9.17) is 0 Å². The second kappa shape index (κ2) is 5.51. The van der Waals surface area contributed by atoms with Crippen molar-refractivity contribution in [2.45, 2.75) is 17.6 Å². The molecular formula is C13H12BrNS. The molecule has 0 aliphatic rings. The molecule has 0 bridgehead atoms. The van der Waals surface area contributed by atoms with Crippen molar-refractivity contribution in [2.75, 3.05) is 0 Å². The Hall–Kier alpha value is -0.800. The first-order chi connectivity index (χ1) is 7.75. The van der Waals surface area contributed by atoms with E-state index in [1.54, 1.807) is 0 Å². The molecule has 0 saturated heterocycles. The molecule has 0 aliphatic heterocycles. The lowest BCUT2D eigenvalue weighted by atomic mass is 10.2. The van der Waals surface area contributed by atoms with Crippen LogP contribution in [0.4, 0.5) is 0 Å². The molecule has 2 rings (SSSR count). The first-order valence-corrected chi connectivity index (χ1v) is 6.82. The van der Waals surface area contributed by atoms with E-state index in [1.165, 1.54) is 10.5 Å². The molecule has 0 atom stereocenters. The summed E-state index contributed by atoms with van der Waals surface area (Å²) < 4.78 is 1.12. The van der Waals surface area contributed by atoms with Gasteiger partial charge < -0.3 is 0 Å². The van der Waals surface area contributed by atoms with Gasteiger partial charge >= 0.3 is 0 Å². The maximum absolute atomic E-state index is 4.38. The Morgan fingerprint density at radius 1 is 1.19 bits per heavy atom. The molecule has 0 spiro atoms. The van der Waals surface area contributed by atoms with Crippen LogP contribution < -0.4 is 0 Å². The van der Waals surface area contributed by atoms with E-state index < -0.39 is 0 Å². The summed E-state index contributed by atoms with van der Waals surface area (Å²) in [5.74, 6) is 0.925. The lowest BCUT2D eigenvalue weighted by Crippen LogP contribution is -1.89. The Labute approximate surface area is 108 Å². The van der Waals surface area contributed by atoms with Crippen LogP contribution in [0.25, 0.3) is 0 Å². The number of pyridine rings is 1. The zero-order chi connectivity index (χ0) is 11.4. The second-order valence-electron chi connectivity index (χ2n) is 3.51. The quantitative estimate of drug-likeness (QED) is 0.776. The van der Waals surface area contributed by atoms with Crippen LogP contribution in [0.15, 0.2) is 52.0 Å². The Kier molecular flexibility index (Phi) is 4.02. The zero-order valence-electron chi connectivity index (χ0n) is 8.98. The van der Waals surface area contributed by atoms with Crippen LogP contribution in [0, 0.1) is 6.92 Å². The normalized spacial score (nSPS) is 10.4. The number of rotatable bonds is 3. The lowest BCUT2D eigenvalue weighted by molar-refractivity contribution is 1.13. The van der Waals surface area contributed by atoms with Crippen LogP contribution in [-0.2, 0) is 5.75 Å². The summed E-state index contributed by atoms with van der Waals surface area (Å²) in [6, 6.07) is 12.4. The van der Waals surface area contributed by atoms with Gasteiger partial charge in [0.15, 0.2) is 0 Å². The topological polar surface area (TPSA) is 12.9 Å². The average Bonchev–Trinajstić information content (AvgIpc) is 2.30. The number of halogens is 1. The predicted molar refractivity (Wildman–Crippen MR) is 72.7 cm³/mol. The van der Waals surface area contributed by atoms with Crippen molar-refractivity contribution in [1.82, 2.24) is 4.98 Å². The summed E-state index contributed by atoms with van der Waals surface area (Å²) in [5.41, 5.74) is 2.42. The molecule has 0 aliphatic carbocycles. The summed E-state index contributed by atoms with van der Waals surface area (Å²) in [6.07, 6.45) is 1.85. The SMILES string of the molecule is Cc1cccnc1CSc1ccc(Br)cc1. The summed E-state index contributed by atoms with van der Waals surface area (Å²) in [7, 11) is 0. The molecule has 1 aromatic carbocycles. The Bertz CT molecular complexity index is 468. The maximum atomic E-state index is 4.38. The summed E-state index contributed by atoms with van der Waals surface area (Å²) in [5, 5.41) is 0. The molecule has 1 heterocycles. The number of thioether (sulfide) groups is 1. The van der Waals surface area contributed by atoms with Crippen molar-refractivity contribution in [3.05, 3.63) is 58.3 Å². The van der Waals surface area contributed by atoms with Crippen molar-refractivity contribution in [1.29, 1.82) is 0 Å². The van der Waals surface area contributed by atoms with Gasteiger partial charge in [-0.3, -0.25) is 4.98 Å². The summed E-state index contributed by atoms with van der Waals surface area (Å²) in [6.45, 7) is 2.10. The largest absolute Gasteiger partial charge is 0.260 e. The molecule has 0 saturated carbocycles. The van der Waals surface area contributed by atoms with Gasteiger partial charge in [-0.2, -0.15) is 0 Å². The molecule has 16 heavy (non-hydrogen) atoms. The van der Waals surface area contributed by atoms with Crippen LogP contribution in [0.3, 0.4) is 0 Å². The predicted octanol–water partition coefficient (Wildman–Crippen LogP) is 4.44. The molecule has 0 radical (unpaired) electrons.